The van der Waals surface area contributed by atoms with Gasteiger partial charge in [0.15, 0.2) is 0 Å². The number of piperazine rings is 1. The molecule has 1 atom stereocenters. The number of aromatic nitrogens is 2. The van der Waals surface area contributed by atoms with E-state index in [4.69, 9.17) is 5.73 Å². The predicted molar refractivity (Wildman–Crippen MR) is 91.2 cm³/mol. The second kappa shape index (κ2) is 6.93. The molecule has 0 amide bonds. The summed E-state index contributed by atoms with van der Waals surface area (Å²) in [5.74, 6) is 1.21. The maximum atomic E-state index is 10.3. The monoisotopic (exact) mass is 313 g/mol. The SMILES string of the molecule is Cc1cc(N2CCN(C[C@H](O)c3ccccc3)CC2)nc(N)n1. The van der Waals surface area contributed by atoms with Crippen molar-refractivity contribution in [2.75, 3.05) is 43.4 Å². The lowest BCUT2D eigenvalue weighted by atomic mass is 10.1. The van der Waals surface area contributed by atoms with Gasteiger partial charge >= 0.3 is 0 Å². The first kappa shape index (κ1) is 15.7. The van der Waals surface area contributed by atoms with Crippen molar-refractivity contribution in [3.63, 3.8) is 0 Å². The van der Waals surface area contributed by atoms with Gasteiger partial charge in [-0.25, -0.2) is 4.98 Å². The summed E-state index contributed by atoms with van der Waals surface area (Å²) in [4.78, 5) is 12.9. The molecule has 1 fully saturated rings. The van der Waals surface area contributed by atoms with Gasteiger partial charge < -0.3 is 15.7 Å². The molecule has 0 bridgehead atoms. The summed E-state index contributed by atoms with van der Waals surface area (Å²) in [5.41, 5.74) is 7.58. The molecule has 6 nitrogen and oxygen atoms in total. The van der Waals surface area contributed by atoms with Crippen LogP contribution in [0.4, 0.5) is 11.8 Å². The van der Waals surface area contributed by atoms with E-state index in [0.29, 0.717) is 12.5 Å². The summed E-state index contributed by atoms with van der Waals surface area (Å²) >= 11 is 0. The smallest absolute Gasteiger partial charge is 0.222 e. The van der Waals surface area contributed by atoms with Crippen LogP contribution in [0.25, 0.3) is 0 Å². The zero-order valence-electron chi connectivity index (χ0n) is 13.4. The Hall–Kier alpha value is -2.18. The molecule has 6 heteroatoms. The Labute approximate surface area is 136 Å². The molecule has 1 aromatic heterocycles. The van der Waals surface area contributed by atoms with Gasteiger partial charge in [-0.3, -0.25) is 4.90 Å². The molecule has 1 aliphatic rings. The number of aliphatic hydroxyl groups excluding tert-OH is 1. The topological polar surface area (TPSA) is 78.5 Å². The number of aliphatic hydroxyl groups is 1. The second-order valence-corrected chi connectivity index (χ2v) is 5.94. The average Bonchev–Trinajstić information content (AvgIpc) is 2.55. The van der Waals surface area contributed by atoms with Crippen LogP contribution in [-0.2, 0) is 0 Å². The number of β-amino-alcohol motifs (C(OH)–C–C–N with tert-alkyl or cyclic N) is 1. The van der Waals surface area contributed by atoms with E-state index in [9.17, 15) is 5.11 Å². The van der Waals surface area contributed by atoms with Crippen LogP contribution in [-0.4, -0.2) is 52.7 Å². The normalized spacial score (nSPS) is 17.2. The van der Waals surface area contributed by atoms with Crippen LogP contribution in [0.1, 0.15) is 17.4 Å². The molecule has 0 spiro atoms. The number of rotatable bonds is 4. The summed E-state index contributed by atoms with van der Waals surface area (Å²) < 4.78 is 0. The van der Waals surface area contributed by atoms with Crippen LogP contribution < -0.4 is 10.6 Å². The minimum atomic E-state index is -0.445. The number of hydrogen-bond donors (Lipinski definition) is 2. The zero-order chi connectivity index (χ0) is 16.2. The lowest BCUT2D eigenvalue weighted by Gasteiger charge is -2.36. The quantitative estimate of drug-likeness (QED) is 0.884. The number of nitrogens with zero attached hydrogens (tertiary/aromatic N) is 4. The van der Waals surface area contributed by atoms with Crippen LogP contribution in [0.3, 0.4) is 0 Å². The van der Waals surface area contributed by atoms with Gasteiger partial charge in [0.2, 0.25) is 5.95 Å². The lowest BCUT2D eigenvalue weighted by molar-refractivity contribution is 0.109. The number of nitrogen functional groups attached to an aromatic ring is 1. The summed E-state index contributed by atoms with van der Waals surface area (Å²) in [5, 5.41) is 10.3. The van der Waals surface area contributed by atoms with Gasteiger partial charge in [-0.2, -0.15) is 4.98 Å². The molecule has 0 radical (unpaired) electrons. The lowest BCUT2D eigenvalue weighted by Crippen LogP contribution is -2.47. The molecule has 1 saturated heterocycles. The Morgan fingerprint density at radius 1 is 1.13 bits per heavy atom. The molecule has 23 heavy (non-hydrogen) atoms. The highest BCUT2D eigenvalue weighted by Crippen LogP contribution is 2.18. The van der Waals surface area contributed by atoms with Crippen molar-refractivity contribution in [1.82, 2.24) is 14.9 Å². The first-order chi connectivity index (χ1) is 11.1. The van der Waals surface area contributed by atoms with E-state index in [-0.39, 0.29) is 0 Å². The van der Waals surface area contributed by atoms with E-state index in [1.807, 2.05) is 43.3 Å². The van der Waals surface area contributed by atoms with Gasteiger partial charge in [0.25, 0.3) is 0 Å². The van der Waals surface area contributed by atoms with E-state index < -0.39 is 6.10 Å². The van der Waals surface area contributed by atoms with Crippen LogP contribution in [0.5, 0.6) is 0 Å². The maximum absolute atomic E-state index is 10.3. The average molecular weight is 313 g/mol. The largest absolute Gasteiger partial charge is 0.387 e. The van der Waals surface area contributed by atoms with Crippen LogP contribution >= 0.6 is 0 Å². The third-order valence-corrected chi connectivity index (χ3v) is 4.17. The molecule has 3 N–H and O–H groups in total. The third-order valence-electron chi connectivity index (χ3n) is 4.17. The number of anilines is 2. The molecule has 3 rings (SSSR count). The van der Waals surface area contributed by atoms with Crippen LogP contribution in [0.15, 0.2) is 36.4 Å². The minimum Gasteiger partial charge on any atom is -0.387 e. The predicted octanol–water partition coefficient (Wildman–Crippen LogP) is 1.22. The summed E-state index contributed by atoms with van der Waals surface area (Å²) in [7, 11) is 0. The molecule has 0 unspecified atom stereocenters. The third kappa shape index (κ3) is 3.97. The summed E-state index contributed by atoms with van der Waals surface area (Å²) in [6, 6.07) is 11.8. The summed E-state index contributed by atoms with van der Waals surface area (Å²) in [6.07, 6.45) is -0.445. The Morgan fingerprint density at radius 2 is 1.83 bits per heavy atom. The highest BCUT2D eigenvalue weighted by atomic mass is 16.3. The van der Waals surface area contributed by atoms with Crippen molar-refractivity contribution in [2.45, 2.75) is 13.0 Å². The van der Waals surface area contributed by atoms with Crippen molar-refractivity contribution in [3.05, 3.63) is 47.7 Å². The highest BCUT2D eigenvalue weighted by molar-refractivity contribution is 5.43. The van der Waals surface area contributed by atoms with Crippen molar-refractivity contribution in [2.24, 2.45) is 0 Å². The molecular weight excluding hydrogens is 290 g/mol. The molecule has 122 valence electrons. The molecule has 1 aromatic carbocycles. The van der Waals surface area contributed by atoms with Crippen LogP contribution in [0, 0.1) is 6.92 Å². The van der Waals surface area contributed by atoms with Crippen molar-refractivity contribution in [3.8, 4) is 0 Å². The van der Waals surface area contributed by atoms with Crippen molar-refractivity contribution >= 4 is 11.8 Å². The fourth-order valence-electron chi connectivity index (χ4n) is 2.92. The van der Waals surface area contributed by atoms with E-state index in [1.54, 1.807) is 0 Å². The standard InChI is InChI=1S/C17H23N5O/c1-13-11-16(20-17(18)19-13)22-9-7-21(8-10-22)12-15(23)14-5-3-2-4-6-14/h2-6,11,15,23H,7-10,12H2,1H3,(H2,18,19,20)/t15-/m0/s1. The van der Waals surface area contributed by atoms with E-state index in [2.05, 4.69) is 19.8 Å². The molecule has 0 aliphatic carbocycles. The van der Waals surface area contributed by atoms with Gasteiger partial charge in [-0.05, 0) is 12.5 Å². The molecule has 2 heterocycles. The Morgan fingerprint density at radius 3 is 2.48 bits per heavy atom. The summed E-state index contributed by atoms with van der Waals surface area (Å²) in [6.45, 7) is 6.12. The number of nitrogens with two attached hydrogens (primary N) is 1. The number of benzene rings is 1. The van der Waals surface area contributed by atoms with Crippen molar-refractivity contribution in [1.29, 1.82) is 0 Å². The molecule has 2 aromatic rings. The zero-order valence-corrected chi connectivity index (χ0v) is 13.4. The Bertz CT molecular complexity index is 620. The maximum Gasteiger partial charge on any atom is 0.222 e. The van der Waals surface area contributed by atoms with Crippen molar-refractivity contribution < 1.29 is 5.11 Å². The molecular formula is C17H23N5O. The second-order valence-electron chi connectivity index (χ2n) is 5.94. The number of aryl methyl sites for hydroxylation is 1. The first-order valence-electron chi connectivity index (χ1n) is 7.93. The van der Waals surface area contributed by atoms with Gasteiger partial charge in [0.05, 0.1) is 6.10 Å². The van der Waals surface area contributed by atoms with Gasteiger partial charge in [-0.15, -0.1) is 0 Å². The van der Waals surface area contributed by atoms with Gasteiger partial charge in [-0.1, -0.05) is 30.3 Å². The van der Waals surface area contributed by atoms with E-state index >= 15 is 0 Å². The fourth-order valence-corrected chi connectivity index (χ4v) is 2.92. The fraction of sp³-hybridized carbons (Fsp3) is 0.412. The first-order valence-corrected chi connectivity index (χ1v) is 7.93. The molecule has 1 aliphatic heterocycles. The molecule has 0 saturated carbocycles. The Balaban J connectivity index is 1.56. The van der Waals surface area contributed by atoms with Gasteiger partial charge in [0, 0.05) is 44.5 Å². The highest BCUT2D eigenvalue weighted by Gasteiger charge is 2.21. The van der Waals surface area contributed by atoms with E-state index in [0.717, 1.165) is 43.3 Å². The van der Waals surface area contributed by atoms with E-state index in [1.165, 1.54) is 0 Å². The Kier molecular flexibility index (Phi) is 4.73. The minimum absolute atomic E-state index is 0.321. The number of hydrogen-bond acceptors (Lipinski definition) is 6. The van der Waals surface area contributed by atoms with Crippen LogP contribution in [0.2, 0.25) is 0 Å². The van der Waals surface area contributed by atoms with Gasteiger partial charge in [0.1, 0.15) is 5.82 Å².